The highest BCUT2D eigenvalue weighted by Gasteiger charge is 2.27. The molecule has 0 saturated carbocycles. The third kappa shape index (κ3) is 11.5. The first-order valence-corrected chi connectivity index (χ1v) is 18.6. The molecule has 0 spiro atoms. The van der Waals surface area contributed by atoms with Crippen LogP contribution in [0.25, 0.3) is 0 Å². The molecule has 0 atom stereocenters. The van der Waals surface area contributed by atoms with Gasteiger partial charge in [0.2, 0.25) is 11.9 Å². The maximum Gasteiger partial charge on any atom is 0.337 e. The smallest absolute Gasteiger partial charge is 0.337 e. The Bertz CT molecular complexity index is 2120. The minimum Gasteiger partial charge on any atom is -0.478 e. The number of methoxy groups -OCH3 is 2. The van der Waals surface area contributed by atoms with E-state index in [1.165, 1.54) is 40.2 Å². The summed E-state index contributed by atoms with van der Waals surface area (Å²) in [5.74, 6) is -2.88. The molecule has 4 rings (SSSR count). The summed E-state index contributed by atoms with van der Waals surface area (Å²) >= 11 is 3.65. The molecule has 0 bridgehead atoms. The molecule has 0 aliphatic carbocycles. The first kappa shape index (κ1) is 41.3. The number of nitrogens with zero attached hydrogens (tertiary/aromatic N) is 6. The van der Waals surface area contributed by atoms with E-state index in [4.69, 9.17) is 19.7 Å². The summed E-state index contributed by atoms with van der Waals surface area (Å²) in [5, 5.41) is 22.5. The van der Waals surface area contributed by atoms with Gasteiger partial charge in [0.15, 0.2) is 0 Å². The summed E-state index contributed by atoms with van der Waals surface area (Å²) in [5.41, 5.74) is -0.938. The van der Waals surface area contributed by atoms with Crippen molar-refractivity contribution in [2.45, 2.75) is 23.6 Å². The Morgan fingerprint density at radius 1 is 0.615 bits per heavy atom. The van der Waals surface area contributed by atoms with Crippen LogP contribution in [0.3, 0.4) is 0 Å². The predicted molar refractivity (Wildman–Crippen MR) is 193 cm³/mol. The van der Waals surface area contributed by atoms with Gasteiger partial charge in [0.25, 0.3) is 20.0 Å². The van der Waals surface area contributed by atoms with Crippen LogP contribution >= 0.6 is 45.2 Å². The van der Waals surface area contributed by atoms with Crippen molar-refractivity contribution in [3.8, 4) is 12.0 Å². The number of ether oxygens (including phenoxy) is 2. The molecule has 26 heteroatoms. The number of halogens is 2. The molecule has 0 aliphatic rings. The van der Waals surface area contributed by atoms with Crippen molar-refractivity contribution in [1.82, 2.24) is 39.3 Å². The van der Waals surface area contributed by atoms with E-state index in [0.29, 0.717) is 7.14 Å². The summed E-state index contributed by atoms with van der Waals surface area (Å²) in [7, 11) is -6.28. The number of rotatable bonds is 10. The van der Waals surface area contributed by atoms with E-state index in [9.17, 15) is 36.0 Å². The van der Waals surface area contributed by atoms with Crippen molar-refractivity contribution in [2.75, 3.05) is 24.9 Å². The van der Waals surface area contributed by atoms with E-state index in [1.807, 2.05) is 45.2 Å². The fraction of sp³-hybridized carbons (Fsp3) is 0.154. The SMILES string of the molecule is COc1nc(C)nc(NC(=O)NS(=O)(=O)c2cc(I)ccc2C(=O)O)n1.COc1nc(C)nc(NC(=O)NS(=O)(=O)c2cc(I)ccc2C(=O)O)n1. The minimum absolute atomic E-state index is 0.0681. The number of amides is 4. The second-order valence-electron chi connectivity index (χ2n) is 9.40. The zero-order valence-electron chi connectivity index (χ0n) is 26.7. The van der Waals surface area contributed by atoms with E-state index in [2.05, 4.69) is 40.5 Å². The average Bonchev–Trinajstić information content (AvgIpc) is 3.03. The molecule has 276 valence electrons. The second kappa shape index (κ2) is 17.4. The maximum atomic E-state index is 12.4. The van der Waals surface area contributed by atoms with Gasteiger partial charge in [-0.15, -0.1) is 0 Å². The molecule has 6 N–H and O–H groups in total. The van der Waals surface area contributed by atoms with E-state index in [0.717, 1.165) is 24.3 Å². The normalized spacial score (nSPS) is 10.9. The predicted octanol–water partition coefficient (Wildman–Crippen LogP) is 2.00. The van der Waals surface area contributed by atoms with E-state index < -0.39 is 65.0 Å². The lowest BCUT2D eigenvalue weighted by atomic mass is 10.2. The third-order valence-electron chi connectivity index (χ3n) is 5.65. The van der Waals surface area contributed by atoms with Crippen molar-refractivity contribution in [1.29, 1.82) is 0 Å². The molecule has 4 aromatic rings. The summed E-state index contributed by atoms with van der Waals surface area (Å²) in [6, 6.07) is 4.92. The van der Waals surface area contributed by atoms with Crippen LogP contribution in [-0.4, -0.2) is 95.2 Å². The average molecular weight is 986 g/mol. The third-order valence-corrected chi connectivity index (χ3v) is 9.73. The molecule has 4 amide bonds. The molecule has 2 heterocycles. The van der Waals surface area contributed by atoms with Gasteiger partial charge < -0.3 is 19.7 Å². The number of carboxylic acid groups (broad SMARTS) is 2. The maximum absolute atomic E-state index is 12.4. The Morgan fingerprint density at radius 2 is 0.962 bits per heavy atom. The standard InChI is InChI=1S/2C13H12IN5O6S/c2*1-6-15-11(18-13(16-6)25-2)17-12(22)19-26(23,24)9-5-7(14)3-4-8(9)10(20)21/h2*3-5H,1-2H3,(H,20,21)(H2,15,16,17,18,19,22). The summed E-state index contributed by atoms with van der Waals surface area (Å²) in [6.07, 6.45) is 0. The van der Waals surface area contributed by atoms with Crippen LogP contribution in [-0.2, 0) is 20.0 Å². The molecule has 2 aromatic heterocycles. The van der Waals surface area contributed by atoms with E-state index >= 15 is 0 Å². The number of carbonyl (C=O) groups excluding carboxylic acids is 2. The fourth-order valence-corrected chi connectivity index (χ4v) is 7.28. The Kier molecular flexibility index (Phi) is 13.8. The lowest BCUT2D eigenvalue weighted by molar-refractivity contribution is 0.0682. The largest absolute Gasteiger partial charge is 0.478 e. The van der Waals surface area contributed by atoms with Gasteiger partial charge in [0, 0.05) is 7.14 Å². The number of carbonyl (C=O) groups is 4. The van der Waals surface area contributed by atoms with Gasteiger partial charge in [-0.3, -0.25) is 10.6 Å². The number of benzene rings is 2. The molecular weight excluding hydrogens is 962 g/mol. The van der Waals surface area contributed by atoms with Crippen molar-refractivity contribution in [3.05, 3.63) is 66.3 Å². The molecule has 0 aliphatic heterocycles. The minimum atomic E-state index is -4.45. The number of anilines is 2. The number of sulfonamides is 2. The monoisotopic (exact) mass is 986 g/mol. The number of nitrogens with one attached hydrogen (secondary N) is 4. The number of hydrogen-bond acceptors (Lipinski definition) is 16. The number of aryl methyl sites for hydroxylation is 2. The first-order valence-electron chi connectivity index (χ1n) is 13.5. The lowest BCUT2D eigenvalue weighted by Crippen LogP contribution is -2.35. The summed E-state index contributed by atoms with van der Waals surface area (Å²) in [4.78, 5) is 68.1. The van der Waals surface area contributed by atoms with Crippen molar-refractivity contribution < 1.29 is 55.7 Å². The Hall–Kier alpha value is -5.10. The van der Waals surface area contributed by atoms with Crippen LogP contribution in [0.2, 0.25) is 0 Å². The molecule has 0 fully saturated rings. The van der Waals surface area contributed by atoms with Crippen LogP contribution in [0.4, 0.5) is 21.5 Å². The van der Waals surface area contributed by atoms with Crippen molar-refractivity contribution >= 4 is 101 Å². The van der Waals surface area contributed by atoms with Gasteiger partial charge >= 0.3 is 36.0 Å². The number of aromatic carboxylic acids is 2. The van der Waals surface area contributed by atoms with Gasteiger partial charge in [-0.1, -0.05) is 0 Å². The molecule has 0 radical (unpaired) electrons. The van der Waals surface area contributed by atoms with Gasteiger partial charge in [-0.05, 0) is 95.4 Å². The molecular formula is C26H24I2N10O12S2. The van der Waals surface area contributed by atoms with Crippen LogP contribution in [0.15, 0.2) is 46.2 Å². The highest BCUT2D eigenvalue weighted by Crippen LogP contribution is 2.21. The molecule has 52 heavy (non-hydrogen) atoms. The number of carboxylic acids is 2. The van der Waals surface area contributed by atoms with E-state index in [-0.39, 0.29) is 35.6 Å². The molecule has 0 saturated heterocycles. The van der Waals surface area contributed by atoms with Gasteiger partial charge in [-0.2, -0.15) is 29.9 Å². The van der Waals surface area contributed by atoms with Gasteiger partial charge in [0.05, 0.1) is 25.3 Å². The van der Waals surface area contributed by atoms with Crippen LogP contribution in [0.1, 0.15) is 32.4 Å². The fourth-order valence-electron chi connectivity index (χ4n) is 3.61. The summed E-state index contributed by atoms with van der Waals surface area (Å²) < 4.78 is 63.6. The second-order valence-corrected chi connectivity index (χ2v) is 15.2. The van der Waals surface area contributed by atoms with Crippen LogP contribution in [0.5, 0.6) is 12.0 Å². The van der Waals surface area contributed by atoms with E-state index in [1.54, 1.807) is 9.44 Å². The first-order chi connectivity index (χ1) is 24.2. The zero-order chi connectivity index (χ0) is 39.0. The van der Waals surface area contributed by atoms with Gasteiger partial charge in [-0.25, -0.2) is 45.5 Å². The van der Waals surface area contributed by atoms with Crippen molar-refractivity contribution in [2.24, 2.45) is 0 Å². The Labute approximate surface area is 321 Å². The Morgan fingerprint density at radius 3 is 1.27 bits per heavy atom. The molecule has 0 unspecified atom stereocenters. The van der Waals surface area contributed by atoms with Crippen LogP contribution in [0, 0.1) is 21.0 Å². The summed E-state index contributed by atoms with van der Waals surface area (Å²) in [6.45, 7) is 3.05. The highest BCUT2D eigenvalue weighted by atomic mass is 127. The topological polar surface area (TPSA) is 321 Å². The number of urea groups is 2. The zero-order valence-corrected chi connectivity index (χ0v) is 32.6. The van der Waals surface area contributed by atoms with Crippen LogP contribution < -0.4 is 29.6 Å². The van der Waals surface area contributed by atoms with Gasteiger partial charge in [0.1, 0.15) is 21.4 Å². The van der Waals surface area contributed by atoms with Crippen molar-refractivity contribution in [3.63, 3.8) is 0 Å². The highest BCUT2D eigenvalue weighted by molar-refractivity contribution is 14.1. The lowest BCUT2D eigenvalue weighted by Gasteiger charge is -2.10. The Balaban J connectivity index is 0.000000280. The molecule has 22 nitrogen and oxygen atoms in total. The number of hydrogen-bond donors (Lipinski definition) is 6. The number of aromatic nitrogens is 6. The quantitative estimate of drug-likeness (QED) is 0.124. The molecule has 2 aromatic carbocycles.